The predicted molar refractivity (Wildman–Crippen MR) is 33.6 cm³/mol. The van der Waals surface area contributed by atoms with Gasteiger partial charge < -0.3 is 10.2 Å². The number of hydrogen-bond acceptors (Lipinski definition) is 3. The molecule has 4 nitrogen and oxygen atoms in total. The Morgan fingerprint density at radius 3 is 2.10 bits per heavy atom. The van der Waals surface area contributed by atoms with Crippen LogP contribution in [-0.2, 0) is 9.59 Å². The van der Waals surface area contributed by atoms with Crippen molar-refractivity contribution in [1.82, 2.24) is 0 Å². The number of carboxylic acids is 1. The van der Waals surface area contributed by atoms with E-state index in [0.717, 1.165) is 0 Å². The Balaban J connectivity index is 4.39. The van der Waals surface area contributed by atoms with Crippen LogP contribution in [0.15, 0.2) is 11.8 Å². The van der Waals surface area contributed by atoms with Gasteiger partial charge in [-0.3, -0.25) is 4.79 Å². The van der Waals surface area contributed by atoms with Gasteiger partial charge in [-0.15, -0.1) is 0 Å². The van der Waals surface area contributed by atoms with E-state index in [1.165, 1.54) is 6.92 Å². The first kappa shape index (κ1) is 8.68. The molecule has 0 radical (unpaired) electrons. The summed E-state index contributed by atoms with van der Waals surface area (Å²) in [4.78, 5) is 20.7. The third-order valence-electron chi connectivity index (χ3n) is 0.981. The average Bonchev–Trinajstić information content (AvgIpc) is 1.88. The summed E-state index contributed by atoms with van der Waals surface area (Å²) in [6.07, 6.45) is 0.396. The maximum Gasteiger partial charge on any atom is 0.342 e. The number of Topliss-reactive ketones (excluding diaryl/α,β-unsaturated/α-hetero) is 1. The molecule has 0 aliphatic heterocycles. The molecule has 0 bridgehead atoms. The van der Waals surface area contributed by atoms with E-state index in [0.29, 0.717) is 6.26 Å². The number of aliphatic hydroxyl groups excluding tert-OH is 1. The van der Waals surface area contributed by atoms with Crippen molar-refractivity contribution in [2.75, 3.05) is 0 Å². The molecule has 0 aliphatic carbocycles. The Hall–Kier alpha value is -1.32. The van der Waals surface area contributed by atoms with Gasteiger partial charge in [-0.05, 0) is 0 Å². The predicted octanol–water partition coefficient (Wildman–Crippen LogP) is 0.492. The molecular formula is C6H8O4. The summed E-state index contributed by atoms with van der Waals surface area (Å²) in [6, 6.07) is 0. The summed E-state index contributed by atoms with van der Waals surface area (Å²) in [7, 11) is 0. The van der Waals surface area contributed by atoms with E-state index >= 15 is 0 Å². The highest BCUT2D eigenvalue weighted by Crippen LogP contribution is 1.97. The van der Waals surface area contributed by atoms with Crippen LogP contribution in [0.25, 0.3) is 0 Å². The topological polar surface area (TPSA) is 74.6 Å². The maximum atomic E-state index is 10.6. The molecule has 10 heavy (non-hydrogen) atoms. The van der Waals surface area contributed by atoms with Gasteiger partial charge in [-0.1, -0.05) is 6.92 Å². The lowest BCUT2D eigenvalue weighted by molar-refractivity contribution is -0.134. The van der Waals surface area contributed by atoms with E-state index in [9.17, 15) is 9.59 Å². The van der Waals surface area contributed by atoms with Gasteiger partial charge >= 0.3 is 5.97 Å². The molecule has 0 aromatic rings. The van der Waals surface area contributed by atoms with Gasteiger partial charge in [0.15, 0.2) is 5.78 Å². The Morgan fingerprint density at radius 1 is 1.50 bits per heavy atom. The summed E-state index contributed by atoms with van der Waals surface area (Å²) in [6.45, 7) is 1.52. The molecule has 56 valence electrons. The van der Waals surface area contributed by atoms with Crippen LogP contribution in [0.5, 0.6) is 0 Å². The second kappa shape index (κ2) is 3.66. The number of carbonyl (C=O) groups excluding carboxylic acids is 1. The van der Waals surface area contributed by atoms with Gasteiger partial charge in [0.2, 0.25) is 0 Å². The lowest BCUT2D eigenvalue weighted by Crippen LogP contribution is -2.10. The van der Waals surface area contributed by atoms with Gasteiger partial charge in [-0.2, -0.15) is 0 Å². The highest BCUT2D eigenvalue weighted by molar-refractivity contribution is 6.16. The van der Waals surface area contributed by atoms with Crippen LogP contribution in [0.1, 0.15) is 13.3 Å². The van der Waals surface area contributed by atoms with Crippen molar-refractivity contribution in [3.63, 3.8) is 0 Å². The molecule has 0 fully saturated rings. The van der Waals surface area contributed by atoms with E-state index in [4.69, 9.17) is 10.2 Å². The van der Waals surface area contributed by atoms with Crippen LogP contribution in [0, 0.1) is 0 Å². The maximum absolute atomic E-state index is 10.6. The highest BCUT2D eigenvalue weighted by atomic mass is 16.4. The standard InChI is InChI=1S/C6H8O4/c1-2-5(8)4(3-7)6(9)10/h3,7H,2H2,1H3,(H,9,10). The van der Waals surface area contributed by atoms with Crippen molar-refractivity contribution in [2.45, 2.75) is 13.3 Å². The van der Waals surface area contributed by atoms with Crippen LogP contribution in [0.2, 0.25) is 0 Å². The molecule has 2 N–H and O–H groups in total. The summed E-state index contributed by atoms with van der Waals surface area (Å²) >= 11 is 0. The molecule has 0 aromatic carbocycles. The molecule has 0 saturated heterocycles. The number of carbonyl (C=O) groups is 2. The Bertz CT molecular complexity index is 180. The van der Waals surface area contributed by atoms with E-state index < -0.39 is 17.3 Å². The first-order valence-electron chi connectivity index (χ1n) is 2.74. The fourth-order valence-corrected chi connectivity index (χ4v) is 0.437. The van der Waals surface area contributed by atoms with Crippen LogP contribution in [0.4, 0.5) is 0 Å². The second-order valence-electron chi connectivity index (χ2n) is 1.62. The molecular weight excluding hydrogens is 136 g/mol. The average molecular weight is 144 g/mol. The zero-order valence-electron chi connectivity index (χ0n) is 5.50. The third-order valence-corrected chi connectivity index (χ3v) is 0.981. The summed E-state index contributed by atoms with van der Waals surface area (Å²) < 4.78 is 0. The Morgan fingerprint density at radius 2 is 2.00 bits per heavy atom. The van der Waals surface area contributed by atoms with Crippen LogP contribution >= 0.6 is 0 Å². The van der Waals surface area contributed by atoms with Crippen LogP contribution in [0.3, 0.4) is 0 Å². The van der Waals surface area contributed by atoms with Gasteiger partial charge in [0.1, 0.15) is 5.57 Å². The largest absolute Gasteiger partial charge is 0.515 e. The van der Waals surface area contributed by atoms with Crippen molar-refractivity contribution in [2.24, 2.45) is 0 Å². The molecule has 0 spiro atoms. The molecule has 0 rings (SSSR count). The van der Waals surface area contributed by atoms with Crippen molar-refractivity contribution in [1.29, 1.82) is 0 Å². The number of carboxylic acid groups (broad SMARTS) is 1. The first-order chi connectivity index (χ1) is 4.63. The van der Waals surface area contributed by atoms with Gasteiger partial charge in [0.05, 0.1) is 6.26 Å². The van der Waals surface area contributed by atoms with E-state index in [1.54, 1.807) is 0 Å². The zero-order chi connectivity index (χ0) is 8.15. The van der Waals surface area contributed by atoms with Crippen molar-refractivity contribution in [3.05, 3.63) is 11.8 Å². The number of aliphatic hydroxyl groups is 1. The summed E-state index contributed by atoms with van der Waals surface area (Å²) in [5.74, 6) is -1.97. The first-order valence-corrected chi connectivity index (χ1v) is 2.74. The van der Waals surface area contributed by atoms with E-state index in [-0.39, 0.29) is 6.42 Å². The minimum Gasteiger partial charge on any atom is -0.515 e. The Kier molecular flexibility index (Phi) is 3.17. The quantitative estimate of drug-likeness (QED) is 0.261. The molecule has 0 aromatic heterocycles. The third kappa shape index (κ3) is 1.89. The monoisotopic (exact) mass is 144 g/mol. The van der Waals surface area contributed by atoms with Gasteiger partial charge in [0, 0.05) is 6.42 Å². The summed E-state index contributed by atoms with van der Waals surface area (Å²) in [5, 5.41) is 16.5. The molecule has 0 amide bonds. The highest BCUT2D eigenvalue weighted by Gasteiger charge is 2.14. The van der Waals surface area contributed by atoms with E-state index in [1.807, 2.05) is 0 Å². The minimum absolute atomic E-state index is 0.0820. The van der Waals surface area contributed by atoms with Gasteiger partial charge in [-0.25, -0.2) is 4.79 Å². The van der Waals surface area contributed by atoms with Gasteiger partial charge in [0.25, 0.3) is 0 Å². The molecule has 4 heteroatoms. The zero-order valence-corrected chi connectivity index (χ0v) is 5.50. The van der Waals surface area contributed by atoms with E-state index in [2.05, 4.69) is 0 Å². The number of aliphatic carboxylic acids is 1. The lowest BCUT2D eigenvalue weighted by atomic mass is 10.1. The van der Waals surface area contributed by atoms with Crippen molar-refractivity contribution < 1.29 is 19.8 Å². The number of ketones is 1. The van der Waals surface area contributed by atoms with Crippen molar-refractivity contribution >= 4 is 11.8 Å². The minimum atomic E-state index is -1.39. The molecule has 0 unspecified atom stereocenters. The molecule has 0 saturated carbocycles. The van der Waals surface area contributed by atoms with Crippen molar-refractivity contribution in [3.8, 4) is 0 Å². The second-order valence-corrected chi connectivity index (χ2v) is 1.62. The smallest absolute Gasteiger partial charge is 0.342 e. The fourth-order valence-electron chi connectivity index (χ4n) is 0.437. The SMILES string of the molecule is CCC(=O)C(=CO)C(=O)O. The lowest BCUT2D eigenvalue weighted by Gasteiger charge is -1.93. The number of rotatable bonds is 3. The molecule has 0 heterocycles. The fraction of sp³-hybridized carbons (Fsp3) is 0.333. The van der Waals surface area contributed by atoms with Crippen LogP contribution in [-0.4, -0.2) is 22.0 Å². The number of hydrogen-bond donors (Lipinski definition) is 2. The Labute approximate surface area is 57.8 Å². The molecule has 0 atom stereocenters. The molecule has 0 aliphatic rings. The normalized spacial score (nSPS) is 11.1. The summed E-state index contributed by atoms with van der Waals surface area (Å²) in [5.41, 5.74) is -0.567. The van der Waals surface area contributed by atoms with Crippen LogP contribution < -0.4 is 0 Å².